The standard InChI is InChI=1S/C22H20N4O3/c1-28-22-12-11-16(13-23-22)24-21(27)14-26-19-10-6-5-9-18(19)25-20(26)15-29-17-7-3-2-4-8-17/h2-13H,14-15H2,1H3,(H,24,27). The summed E-state index contributed by atoms with van der Waals surface area (Å²) in [6.45, 7) is 0.371. The van der Waals surface area contributed by atoms with E-state index in [4.69, 9.17) is 9.47 Å². The lowest BCUT2D eigenvalue weighted by Crippen LogP contribution is -2.20. The Morgan fingerprint density at radius 1 is 1.03 bits per heavy atom. The molecule has 29 heavy (non-hydrogen) atoms. The number of hydrogen-bond acceptors (Lipinski definition) is 5. The van der Waals surface area contributed by atoms with Crippen LogP contribution in [0.1, 0.15) is 5.82 Å². The van der Waals surface area contributed by atoms with Crippen LogP contribution in [0.2, 0.25) is 0 Å². The van der Waals surface area contributed by atoms with Crippen molar-refractivity contribution in [3.63, 3.8) is 0 Å². The van der Waals surface area contributed by atoms with Crippen LogP contribution in [0.15, 0.2) is 72.9 Å². The van der Waals surface area contributed by atoms with E-state index in [0.29, 0.717) is 17.4 Å². The zero-order chi connectivity index (χ0) is 20.1. The first kappa shape index (κ1) is 18.5. The van der Waals surface area contributed by atoms with E-state index in [1.807, 2.05) is 59.2 Å². The summed E-state index contributed by atoms with van der Waals surface area (Å²) in [5.41, 5.74) is 2.29. The lowest BCUT2D eigenvalue weighted by atomic mass is 10.3. The fraction of sp³-hybridized carbons (Fsp3) is 0.136. The number of rotatable bonds is 7. The van der Waals surface area contributed by atoms with Gasteiger partial charge in [-0.2, -0.15) is 0 Å². The number of fused-ring (bicyclic) bond motifs is 1. The Morgan fingerprint density at radius 3 is 2.59 bits per heavy atom. The fourth-order valence-electron chi connectivity index (χ4n) is 3.00. The van der Waals surface area contributed by atoms with E-state index in [1.165, 1.54) is 0 Å². The van der Waals surface area contributed by atoms with Gasteiger partial charge in [-0.25, -0.2) is 9.97 Å². The molecule has 0 bridgehead atoms. The van der Waals surface area contributed by atoms with E-state index in [-0.39, 0.29) is 19.1 Å². The molecule has 0 fully saturated rings. The summed E-state index contributed by atoms with van der Waals surface area (Å²) in [6, 6.07) is 20.7. The number of carbonyl (C=O) groups excluding carboxylic acids is 1. The van der Waals surface area contributed by atoms with Crippen molar-refractivity contribution < 1.29 is 14.3 Å². The third-order valence-electron chi connectivity index (χ3n) is 4.38. The number of ether oxygens (including phenoxy) is 2. The average molecular weight is 388 g/mol. The molecule has 7 nitrogen and oxygen atoms in total. The third kappa shape index (κ3) is 4.35. The Bertz CT molecular complexity index is 1110. The topological polar surface area (TPSA) is 78.3 Å². The van der Waals surface area contributed by atoms with Gasteiger partial charge >= 0.3 is 0 Å². The molecule has 7 heteroatoms. The van der Waals surface area contributed by atoms with Crippen LogP contribution < -0.4 is 14.8 Å². The predicted molar refractivity (Wildman–Crippen MR) is 110 cm³/mol. The molecule has 0 saturated heterocycles. The number of carbonyl (C=O) groups is 1. The molecule has 1 N–H and O–H groups in total. The summed E-state index contributed by atoms with van der Waals surface area (Å²) < 4.78 is 12.8. The van der Waals surface area contributed by atoms with Crippen LogP contribution in [-0.4, -0.2) is 27.6 Å². The van der Waals surface area contributed by atoms with Crippen molar-refractivity contribution in [2.24, 2.45) is 0 Å². The molecule has 0 atom stereocenters. The maximum atomic E-state index is 12.6. The molecule has 0 unspecified atom stereocenters. The summed E-state index contributed by atoms with van der Waals surface area (Å²) in [7, 11) is 1.55. The minimum Gasteiger partial charge on any atom is -0.486 e. The molecule has 1 amide bonds. The van der Waals surface area contributed by atoms with Crippen molar-refractivity contribution in [1.29, 1.82) is 0 Å². The first-order chi connectivity index (χ1) is 14.2. The monoisotopic (exact) mass is 388 g/mol. The van der Waals surface area contributed by atoms with E-state index < -0.39 is 0 Å². The number of nitrogens with one attached hydrogen (secondary N) is 1. The Hall–Kier alpha value is -3.87. The van der Waals surface area contributed by atoms with Gasteiger partial charge in [0.15, 0.2) is 0 Å². The van der Waals surface area contributed by atoms with Crippen LogP contribution >= 0.6 is 0 Å². The number of imidazole rings is 1. The molecule has 2 aromatic carbocycles. The second-order valence-corrected chi connectivity index (χ2v) is 6.34. The Kier molecular flexibility index (Phi) is 5.38. The molecular weight excluding hydrogens is 368 g/mol. The minimum absolute atomic E-state index is 0.111. The Balaban J connectivity index is 1.53. The zero-order valence-electron chi connectivity index (χ0n) is 15.9. The molecule has 0 spiro atoms. The van der Waals surface area contributed by atoms with E-state index in [0.717, 1.165) is 16.8 Å². The number of benzene rings is 2. The molecule has 4 rings (SSSR count). The first-order valence-corrected chi connectivity index (χ1v) is 9.15. The summed E-state index contributed by atoms with van der Waals surface area (Å²) in [4.78, 5) is 21.4. The molecule has 0 aliphatic carbocycles. The zero-order valence-corrected chi connectivity index (χ0v) is 15.9. The van der Waals surface area contributed by atoms with Gasteiger partial charge in [0, 0.05) is 6.07 Å². The van der Waals surface area contributed by atoms with Crippen LogP contribution in [0.5, 0.6) is 11.6 Å². The van der Waals surface area contributed by atoms with Crippen molar-refractivity contribution in [3.8, 4) is 11.6 Å². The van der Waals surface area contributed by atoms with Crippen molar-refractivity contribution >= 4 is 22.6 Å². The van der Waals surface area contributed by atoms with Crippen molar-refractivity contribution in [2.45, 2.75) is 13.2 Å². The maximum Gasteiger partial charge on any atom is 0.244 e. The second kappa shape index (κ2) is 8.43. The highest BCUT2D eigenvalue weighted by molar-refractivity contribution is 5.91. The number of para-hydroxylation sites is 3. The summed E-state index contributed by atoms with van der Waals surface area (Å²) in [5.74, 6) is 1.74. The van der Waals surface area contributed by atoms with Gasteiger partial charge in [-0.15, -0.1) is 0 Å². The Morgan fingerprint density at radius 2 is 1.83 bits per heavy atom. The largest absolute Gasteiger partial charge is 0.486 e. The SMILES string of the molecule is COc1ccc(NC(=O)Cn2c(COc3ccccc3)nc3ccccc32)cn1. The number of amides is 1. The van der Waals surface area contributed by atoms with Gasteiger partial charge in [0.2, 0.25) is 11.8 Å². The number of pyridine rings is 1. The second-order valence-electron chi connectivity index (χ2n) is 6.34. The third-order valence-corrected chi connectivity index (χ3v) is 4.38. The van der Waals surface area contributed by atoms with Gasteiger partial charge in [-0.1, -0.05) is 30.3 Å². The van der Waals surface area contributed by atoms with E-state index in [1.54, 1.807) is 25.4 Å². The van der Waals surface area contributed by atoms with Crippen LogP contribution in [0.3, 0.4) is 0 Å². The molecule has 146 valence electrons. The summed E-state index contributed by atoms with van der Waals surface area (Å²) in [6.07, 6.45) is 1.56. The molecule has 0 aliphatic heterocycles. The summed E-state index contributed by atoms with van der Waals surface area (Å²) >= 11 is 0. The van der Waals surface area contributed by atoms with Crippen molar-refractivity contribution in [1.82, 2.24) is 14.5 Å². The molecule has 4 aromatic rings. The van der Waals surface area contributed by atoms with E-state index in [9.17, 15) is 4.79 Å². The first-order valence-electron chi connectivity index (χ1n) is 9.15. The molecular formula is C22H20N4O3. The molecule has 0 saturated carbocycles. The van der Waals surface area contributed by atoms with Crippen LogP contribution in [-0.2, 0) is 17.9 Å². The molecule has 0 radical (unpaired) electrons. The smallest absolute Gasteiger partial charge is 0.244 e. The lowest BCUT2D eigenvalue weighted by Gasteiger charge is -2.11. The highest BCUT2D eigenvalue weighted by Gasteiger charge is 2.14. The minimum atomic E-state index is -0.180. The van der Waals surface area contributed by atoms with Gasteiger partial charge in [-0.05, 0) is 30.3 Å². The van der Waals surface area contributed by atoms with Crippen molar-refractivity contribution in [2.75, 3.05) is 12.4 Å². The van der Waals surface area contributed by atoms with Gasteiger partial charge in [0.1, 0.15) is 24.7 Å². The quantitative estimate of drug-likeness (QED) is 0.523. The van der Waals surface area contributed by atoms with Gasteiger partial charge in [-0.3, -0.25) is 4.79 Å². The van der Waals surface area contributed by atoms with Crippen LogP contribution in [0.4, 0.5) is 5.69 Å². The molecule has 2 aromatic heterocycles. The van der Waals surface area contributed by atoms with Crippen LogP contribution in [0, 0.1) is 0 Å². The van der Waals surface area contributed by atoms with E-state index >= 15 is 0 Å². The number of anilines is 1. The Labute approximate surface area is 167 Å². The van der Waals surface area contributed by atoms with Crippen LogP contribution in [0.25, 0.3) is 11.0 Å². The number of aromatic nitrogens is 3. The van der Waals surface area contributed by atoms with Gasteiger partial charge in [0.25, 0.3) is 0 Å². The average Bonchev–Trinajstić information content (AvgIpc) is 3.11. The molecule has 2 heterocycles. The van der Waals surface area contributed by atoms with Gasteiger partial charge < -0.3 is 19.4 Å². The highest BCUT2D eigenvalue weighted by Crippen LogP contribution is 2.19. The maximum absolute atomic E-state index is 12.6. The highest BCUT2D eigenvalue weighted by atomic mass is 16.5. The normalized spacial score (nSPS) is 10.7. The fourth-order valence-corrected chi connectivity index (χ4v) is 3.00. The summed E-state index contributed by atoms with van der Waals surface area (Å²) in [5, 5.41) is 2.85. The van der Waals surface area contributed by atoms with E-state index in [2.05, 4.69) is 15.3 Å². The lowest BCUT2D eigenvalue weighted by molar-refractivity contribution is -0.116. The van der Waals surface area contributed by atoms with Gasteiger partial charge in [0.05, 0.1) is 30.0 Å². The predicted octanol–water partition coefficient (Wildman–Crippen LogP) is 3.66. The van der Waals surface area contributed by atoms with Crippen molar-refractivity contribution in [3.05, 3.63) is 78.8 Å². The number of hydrogen-bond donors (Lipinski definition) is 1. The number of nitrogens with zero attached hydrogens (tertiary/aromatic N) is 3. The number of methoxy groups -OCH3 is 1. The molecule has 0 aliphatic rings.